The average Bonchev–Trinajstić information content (AvgIpc) is 3.24. The van der Waals surface area contributed by atoms with E-state index in [1.807, 2.05) is 0 Å². The fourth-order valence-corrected chi connectivity index (χ4v) is 3.25. The highest BCUT2D eigenvalue weighted by molar-refractivity contribution is 5.83. The number of nitrogens with zero attached hydrogens (tertiary/aromatic N) is 1. The lowest BCUT2D eigenvalue weighted by Crippen LogP contribution is -2.43. The Morgan fingerprint density at radius 1 is 1.33 bits per heavy atom. The fourth-order valence-electron chi connectivity index (χ4n) is 3.25. The summed E-state index contributed by atoms with van der Waals surface area (Å²) >= 11 is 0. The smallest absolute Gasteiger partial charge is 0.226 e. The van der Waals surface area contributed by atoms with Crippen molar-refractivity contribution in [1.29, 1.82) is 0 Å². The van der Waals surface area contributed by atoms with Gasteiger partial charge in [-0.05, 0) is 56.5 Å². The van der Waals surface area contributed by atoms with Crippen LogP contribution in [0.1, 0.15) is 46.0 Å². The van der Waals surface area contributed by atoms with Crippen LogP contribution in [0.15, 0.2) is 0 Å². The predicted octanol–water partition coefficient (Wildman–Crippen LogP) is 2.02. The van der Waals surface area contributed by atoms with Crippen molar-refractivity contribution >= 4 is 5.91 Å². The molecule has 18 heavy (non-hydrogen) atoms. The Bertz CT molecular complexity index is 329. The van der Waals surface area contributed by atoms with Gasteiger partial charge < -0.3 is 10.2 Å². The molecule has 3 heteroatoms. The fraction of sp³-hybridized carbons (Fsp3) is 0.933. The summed E-state index contributed by atoms with van der Waals surface area (Å²) < 4.78 is 0. The molecule has 2 atom stereocenters. The van der Waals surface area contributed by atoms with E-state index < -0.39 is 0 Å². The second-order valence-corrected chi connectivity index (χ2v) is 7.18. The van der Waals surface area contributed by atoms with Gasteiger partial charge in [0.2, 0.25) is 5.91 Å². The van der Waals surface area contributed by atoms with E-state index in [1.54, 1.807) is 0 Å². The summed E-state index contributed by atoms with van der Waals surface area (Å²) in [5.41, 5.74) is 0.273. The van der Waals surface area contributed by atoms with Crippen LogP contribution in [0.2, 0.25) is 0 Å². The van der Waals surface area contributed by atoms with Crippen molar-refractivity contribution in [2.24, 2.45) is 17.3 Å². The first-order valence-corrected chi connectivity index (χ1v) is 7.59. The second-order valence-electron chi connectivity index (χ2n) is 7.18. The van der Waals surface area contributed by atoms with Gasteiger partial charge in [-0.3, -0.25) is 4.79 Å². The molecule has 2 unspecified atom stereocenters. The van der Waals surface area contributed by atoms with Crippen molar-refractivity contribution in [1.82, 2.24) is 10.2 Å². The summed E-state index contributed by atoms with van der Waals surface area (Å²) in [6, 6.07) is 0.579. The molecule has 0 spiro atoms. The first kappa shape index (κ1) is 12.5. The summed E-state index contributed by atoms with van der Waals surface area (Å²) in [4.78, 5) is 14.8. The number of hydrogen-bond acceptors (Lipinski definition) is 2. The molecule has 3 aliphatic rings. The zero-order valence-electron chi connectivity index (χ0n) is 11.7. The van der Waals surface area contributed by atoms with Gasteiger partial charge in [0, 0.05) is 18.5 Å². The molecular formula is C15H26N2O. The Hall–Kier alpha value is -0.570. The number of carbonyl (C=O) groups is 1. The van der Waals surface area contributed by atoms with Crippen LogP contribution in [0.4, 0.5) is 0 Å². The van der Waals surface area contributed by atoms with Crippen LogP contribution in [0.5, 0.6) is 0 Å². The van der Waals surface area contributed by atoms with Crippen LogP contribution in [0.25, 0.3) is 0 Å². The average molecular weight is 250 g/mol. The maximum atomic E-state index is 12.6. The summed E-state index contributed by atoms with van der Waals surface area (Å²) in [6.07, 6.45) is 6.12. The highest BCUT2D eigenvalue weighted by Gasteiger charge is 2.53. The molecule has 2 saturated carbocycles. The Morgan fingerprint density at radius 2 is 2.06 bits per heavy atom. The molecule has 1 saturated heterocycles. The third kappa shape index (κ3) is 2.56. The summed E-state index contributed by atoms with van der Waals surface area (Å²) in [6.45, 7) is 7.71. The molecule has 0 bridgehead atoms. The molecule has 1 N–H and O–H groups in total. The molecule has 0 aromatic heterocycles. The molecule has 2 aliphatic carbocycles. The van der Waals surface area contributed by atoms with Crippen molar-refractivity contribution < 1.29 is 4.79 Å². The molecule has 1 amide bonds. The van der Waals surface area contributed by atoms with Crippen LogP contribution in [0.3, 0.4) is 0 Å². The third-order valence-corrected chi connectivity index (χ3v) is 4.94. The Morgan fingerprint density at radius 3 is 2.56 bits per heavy atom. The Kier molecular flexibility index (Phi) is 3.13. The number of carbonyl (C=O) groups excluding carboxylic acids is 1. The first-order valence-electron chi connectivity index (χ1n) is 7.59. The Balaban J connectivity index is 1.59. The lowest BCUT2D eigenvalue weighted by atomic mass is 9.98. The van der Waals surface area contributed by atoms with E-state index in [0.717, 1.165) is 26.1 Å². The largest absolute Gasteiger partial charge is 0.339 e. The number of rotatable bonds is 4. The third-order valence-electron chi connectivity index (χ3n) is 4.94. The lowest BCUT2D eigenvalue weighted by Gasteiger charge is -2.31. The van der Waals surface area contributed by atoms with Gasteiger partial charge in [0.1, 0.15) is 0 Å². The van der Waals surface area contributed by atoms with E-state index in [0.29, 0.717) is 23.8 Å². The maximum Gasteiger partial charge on any atom is 0.226 e. The summed E-state index contributed by atoms with van der Waals surface area (Å²) in [5.74, 6) is 1.45. The van der Waals surface area contributed by atoms with Crippen molar-refractivity contribution in [3.8, 4) is 0 Å². The zero-order chi connectivity index (χ0) is 12.8. The standard InChI is InChI=1S/C15H26N2O/c1-15(2)8-13(15)14(18)17(12-5-6-12)10-11-4-3-7-16-9-11/h11-13,16H,3-10H2,1-2H3. The quantitative estimate of drug-likeness (QED) is 0.828. The molecular weight excluding hydrogens is 224 g/mol. The monoisotopic (exact) mass is 250 g/mol. The molecule has 0 aromatic rings. The van der Waals surface area contributed by atoms with Crippen LogP contribution < -0.4 is 5.32 Å². The highest BCUT2D eigenvalue weighted by Crippen LogP contribution is 2.53. The van der Waals surface area contributed by atoms with Gasteiger partial charge in [0.15, 0.2) is 0 Å². The lowest BCUT2D eigenvalue weighted by molar-refractivity contribution is -0.134. The van der Waals surface area contributed by atoms with Gasteiger partial charge in [0.25, 0.3) is 0 Å². The van der Waals surface area contributed by atoms with Gasteiger partial charge in [-0.1, -0.05) is 13.8 Å². The molecule has 3 fully saturated rings. The number of amides is 1. The van der Waals surface area contributed by atoms with Crippen molar-refractivity contribution in [2.45, 2.75) is 52.0 Å². The van der Waals surface area contributed by atoms with Gasteiger partial charge in [-0.2, -0.15) is 0 Å². The van der Waals surface area contributed by atoms with Crippen molar-refractivity contribution in [2.75, 3.05) is 19.6 Å². The van der Waals surface area contributed by atoms with E-state index in [4.69, 9.17) is 0 Å². The SMILES string of the molecule is CC1(C)CC1C(=O)N(CC1CCCNC1)C1CC1. The number of piperidine rings is 1. The minimum Gasteiger partial charge on any atom is -0.339 e. The van der Waals surface area contributed by atoms with E-state index >= 15 is 0 Å². The van der Waals surface area contributed by atoms with Gasteiger partial charge in [0.05, 0.1) is 0 Å². The maximum absolute atomic E-state index is 12.6. The highest BCUT2D eigenvalue weighted by atomic mass is 16.2. The first-order chi connectivity index (χ1) is 8.58. The normalized spacial score (nSPS) is 34.1. The Labute approximate surface area is 110 Å². The van der Waals surface area contributed by atoms with E-state index in [9.17, 15) is 4.79 Å². The predicted molar refractivity (Wildman–Crippen MR) is 72.2 cm³/mol. The molecule has 0 aromatic carbocycles. The molecule has 3 rings (SSSR count). The second kappa shape index (κ2) is 4.52. The molecule has 102 valence electrons. The minimum absolute atomic E-state index is 0.273. The van der Waals surface area contributed by atoms with Crippen molar-refractivity contribution in [3.05, 3.63) is 0 Å². The molecule has 1 heterocycles. The molecule has 1 aliphatic heterocycles. The van der Waals surface area contributed by atoms with E-state index in [-0.39, 0.29) is 5.41 Å². The summed E-state index contributed by atoms with van der Waals surface area (Å²) in [7, 11) is 0. The van der Waals surface area contributed by atoms with E-state index in [2.05, 4.69) is 24.1 Å². The van der Waals surface area contributed by atoms with Gasteiger partial charge in [-0.15, -0.1) is 0 Å². The van der Waals surface area contributed by atoms with Crippen LogP contribution >= 0.6 is 0 Å². The topological polar surface area (TPSA) is 32.3 Å². The number of nitrogens with one attached hydrogen (secondary N) is 1. The number of hydrogen-bond donors (Lipinski definition) is 1. The van der Waals surface area contributed by atoms with Crippen molar-refractivity contribution in [3.63, 3.8) is 0 Å². The van der Waals surface area contributed by atoms with Gasteiger partial charge in [-0.25, -0.2) is 0 Å². The van der Waals surface area contributed by atoms with Gasteiger partial charge >= 0.3 is 0 Å². The van der Waals surface area contributed by atoms with E-state index in [1.165, 1.54) is 25.7 Å². The summed E-state index contributed by atoms with van der Waals surface area (Å²) in [5, 5.41) is 3.46. The molecule has 3 nitrogen and oxygen atoms in total. The van der Waals surface area contributed by atoms with Crippen LogP contribution in [-0.2, 0) is 4.79 Å². The zero-order valence-corrected chi connectivity index (χ0v) is 11.7. The van der Waals surface area contributed by atoms with Crippen LogP contribution in [0, 0.1) is 17.3 Å². The minimum atomic E-state index is 0.273. The van der Waals surface area contributed by atoms with Crippen LogP contribution in [-0.4, -0.2) is 36.5 Å². The molecule has 0 radical (unpaired) electrons.